The fraction of sp³-hybridized carbons (Fsp3) is 0.250. The van der Waals surface area contributed by atoms with Gasteiger partial charge in [0.15, 0.2) is 11.5 Å². The molecule has 1 N–H and O–H groups in total. The van der Waals surface area contributed by atoms with E-state index < -0.39 is 0 Å². The van der Waals surface area contributed by atoms with E-state index in [1.807, 2.05) is 30.3 Å². The van der Waals surface area contributed by atoms with Crippen LogP contribution in [-0.4, -0.2) is 57.1 Å². The van der Waals surface area contributed by atoms with Gasteiger partial charge in [0.1, 0.15) is 0 Å². The van der Waals surface area contributed by atoms with E-state index in [1.165, 1.54) is 18.1 Å². The van der Waals surface area contributed by atoms with Gasteiger partial charge in [0.05, 0.1) is 25.5 Å². The van der Waals surface area contributed by atoms with Crippen LogP contribution in [0.5, 0.6) is 6.01 Å². The maximum absolute atomic E-state index is 12.3. The summed E-state index contributed by atoms with van der Waals surface area (Å²) in [5.74, 6) is 0.443. The Morgan fingerprint density at radius 3 is 2.65 bits per heavy atom. The van der Waals surface area contributed by atoms with Crippen molar-refractivity contribution in [3.05, 3.63) is 48.0 Å². The summed E-state index contributed by atoms with van der Waals surface area (Å²) in [5.41, 5.74) is 0.965. The van der Waals surface area contributed by atoms with E-state index >= 15 is 0 Å². The molecular formula is C16H18N8O2. The highest BCUT2D eigenvalue weighted by atomic mass is 16.5. The third-order valence-electron chi connectivity index (χ3n) is 3.35. The van der Waals surface area contributed by atoms with E-state index in [0.29, 0.717) is 11.8 Å². The number of para-hydroxylation sites is 1. The van der Waals surface area contributed by atoms with Crippen molar-refractivity contribution >= 4 is 11.9 Å². The van der Waals surface area contributed by atoms with Crippen molar-refractivity contribution in [3.8, 4) is 11.7 Å². The summed E-state index contributed by atoms with van der Waals surface area (Å²) >= 11 is 0. The summed E-state index contributed by atoms with van der Waals surface area (Å²) in [6.07, 6.45) is 1.40. The number of rotatable bonds is 6. The minimum atomic E-state index is -0.377. The first-order valence-corrected chi connectivity index (χ1v) is 7.79. The van der Waals surface area contributed by atoms with Crippen LogP contribution in [0.1, 0.15) is 16.3 Å². The number of anilines is 1. The third kappa shape index (κ3) is 3.91. The molecule has 0 spiro atoms. The zero-order chi connectivity index (χ0) is 18.5. The Hall–Kier alpha value is -3.56. The highest BCUT2D eigenvalue weighted by molar-refractivity contribution is 5.91. The topological polar surface area (TPSA) is 111 Å². The summed E-state index contributed by atoms with van der Waals surface area (Å²) in [5, 5.41) is 11.0. The van der Waals surface area contributed by atoms with E-state index in [1.54, 1.807) is 19.0 Å². The lowest BCUT2D eigenvalue weighted by Crippen LogP contribution is -2.25. The van der Waals surface area contributed by atoms with Crippen molar-refractivity contribution in [2.75, 3.05) is 26.1 Å². The van der Waals surface area contributed by atoms with Crippen LogP contribution in [0.3, 0.4) is 0 Å². The second kappa shape index (κ2) is 7.55. The molecule has 10 heteroatoms. The minimum absolute atomic E-state index is 0.108. The highest BCUT2D eigenvalue weighted by Gasteiger charge is 2.13. The molecule has 0 fully saturated rings. The average molecular weight is 354 g/mol. The molecule has 2 aromatic heterocycles. The van der Waals surface area contributed by atoms with E-state index in [-0.39, 0.29) is 24.2 Å². The number of aromatic nitrogens is 6. The number of benzene rings is 1. The van der Waals surface area contributed by atoms with Crippen molar-refractivity contribution in [3.63, 3.8) is 0 Å². The number of methoxy groups -OCH3 is 1. The smallest absolute Gasteiger partial charge is 0.321 e. The lowest BCUT2D eigenvalue weighted by molar-refractivity contribution is 0.0944. The lowest BCUT2D eigenvalue weighted by Gasteiger charge is -2.12. The third-order valence-corrected chi connectivity index (χ3v) is 3.35. The molecule has 3 aromatic rings. The van der Waals surface area contributed by atoms with Gasteiger partial charge in [-0.25, -0.2) is 0 Å². The number of nitrogens with zero attached hydrogens (tertiary/aromatic N) is 7. The number of ether oxygens (including phenoxy) is 1. The second-order valence-electron chi connectivity index (χ2n) is 5.47. The van der Waals surface area contributed by atoms with Crippen LogP contribution in [0.2, 0.25) is 0 Å². The molecule has 0 atom stereocenters. The standard InChI is InChI=1S/C16H18N8O2/c1-23(2)15-19-13(20-16(21-15)26-3)10-17-14(25)12-9-18-24(22-12)11-7-5-4-6-8-11/h4-9H,10H2,1-3H3,(H,17,25). The predicted octanol–water partition coefficient (Wildman–Crippen LogP) is 0.457. The summed E-state index contributed by atoms with van der Waals surface area (Å²) in [6.45, 7) is 0.108. The first-order valence-electron chi connectivity index (χ1n) is 7.79. The van der Waals surface area contributed by atoms with E-state index in [0.717, 1.165) is 5.69 Å². The summed E-state index contributed by atoms with van der Waals surface area (Å²) in [6, 6.07) is 9.52. The number of amides is 1. The zero-order valence-corrected chi connectivity index (χ0v) is 14.6. The van der Waals surface area contributed by atoms with Crippen LogP contribution in [0.4, 0.5) is 5.95 Å². The van der Waals surface area contributed by atoms with Crippen LogP contribution >= 0.6 is 0 Å². The first kappa shape index (κ1) is 17.3. The maximum atomic E-state index is 12.3. The molecule has 3 rings (SSSR count). The Balaban J connectivity index is 1.70. The predicted molar refractivity (Wildman–Crippen MR) is 93.2 cm³/mol. The Morgan fingerprint density at radius 1 is 1.19 bits per heavy atom. The second-order valence-corrected chi connectivity index (χ2v) is 5.47. The van der Waals surface area contributed by atoms with Crippen molar-refractivity contribution in [2.24, 2.45) is 0 Å². The number of carbonyl (C=O) groups excluding carboxylic acids is 1. The minimum Gasteiger partial charge on any atom is -0.467 e. The Kier molecular flexibility index (Phi) is 5.02. The van der Waals surface area contributed by atoms with Crippen LogP contribution in [0.25, 0.3) is 5.69 Å². The first-order chi connectivity index (χ1) is 12.6. The van der Waals surface area contributed by atoms with Crippen LogP contribution < -0.4 is 15.0 Å². The number of hydrogen-bond donors (Lipinski definition) is 1. The van der Waals surface area contributed by atoms with Gasteiger partial charge in [-0.15, -0.1) is 5.10 Å². The quantitative estimate of drug-likeness (QED) is 0.679. The van der Waals surface area contributed by atoms with Crippen molar-refractivity contribution in [1.82, 2.24) is 35.3 Å². The van der Waals surface area contributed by atoms with Crippen LogP contribution in [-0.2, 0) is 6.54 Å². The summed E-state index contributed by atoms with van der Waals surface area (Å²) in [7, 11) is 5.08. The Labute approximate surface area is 149 Å². The lowest BCUT2D eigenvalue weighted by atomic mass is 10.3. The van der Waals surface area contributed by atoms with Gasteiger partial charge < -0.3 is 15.0 Å². The van der Waals surface area contributed by atoms with Crippen molar-refractivity contribution < 1.29 is 9.53 Å². The molecule has 1 aromatic carbocycles. The van der Waals surface area contributed by atoms with Gasteiger partial charge in [-0.1, -0.05) is 18.2 Å². The number of hydrogen-bond acceptors (Lipinski definition) is 8. The van der Waals surface area contributed by atoms with Gasteiger partial charge in [-0.3, -0.25) is 4.79 Å². The normalized spacial score (nSPS) is 10.4. The Morgan fingerprint density at radius 2 is 1.96 bits per heavy atom. The Bertz CT molecular complexity index is 894. The molecular weight excluding hydrogens is 336 g/mol. The number of nitrogens with one attached hydrogen (secondary N) is 1. The van der Waals surface area contributed by atoms with E-state index in [2.05, 4.69) is 30.5 Å². The molecule has 0 aliphatic rings. The van der Waals surface area contributed by atoms with Crippen LogP contribution in [0.15, 0.2) is 36.5 Å². The molecule has 1 amide bonds. The van der Waals surface area contributed by atoms with Crippen molar-refractivity contribution in [1.29, 1.82) is 0 Å². The van der Waals surface area contributed by atoms with Gasteiger partial charge >= 0.3 is 6.01 Å². The summed E-state index contributed by atoms with van der Waals surface area (Å²) < 4.78 is 5.06. The molecule has 2 heterocycles. The SMILES string of the molecule is COc1nc(CNC(=O)c2cnn(-c3ccccc3)n2)nc(N(C)C)n1. The van der Waals surface area contributed by atoms with Gasteiger partial charge in [-0.05, 0) is 12.1 Å². The molecule has 134 valence electrons. The van der Waals surface area contributed by atoms with E-state index in [4.69, 9.17) is 4.74 Å². The molecule has 0 unspecified atom stereocenters. The molecule has 0 saturated heterocycles. The summed E-state index contributed by atoms with van der Waals surface area (Å²) in [4.78, 5) is 27.9. The van der Waals surface area contributed by atoms with Gasteiger partial charge in [0.25, 0.3) is 5.91 Å². The fourth-order valence-corrected chi connectivity index (χ4v) is 2.06. The van der Waals surface area contributed by atoms with Crippen molar-refractivity contribution in [2.45, 2.75) is 6.54 Å². The average Bonchev–Trinajstić information content (AvgIpc) is 3.16. The largest absolute Gasteiger partial charge is 0.467 e. The molecule has 0 bridgehead atoms. The molecule has 0 radical (unpaired) electrons. The molecule has 0 aliphatic carbocycles. The highest BCUT2D eigenvalue weighted by Crippen LogP contribution is 2.09. The van der Waals surface area contributed by atoms with Gasteiger partial charge in [0, 0.05) is 14.1 Å². The van der Waals surface area contributed by atoms with Gasteiger partial charge in [-0.2, -0.15) is 24.8 Å². The maximum Gasteiger partial charge on any atom is 0.321 e. The van der Waals surface area contributed by atoms with E-state index in [9.17, 15) is 4.79 Å². The van der Waals surface area contributed by atoms with Gasteiger partial charge in [0.2, 0.25) is 5.95 Å². The molecule has 0 aliphatic heterocycles. The fourth-order valence-electron chi connectivity index (χ4n) is 2.06. The zero-order valence-electron chi connectivity index (χ0n) is 14.6. The molecule has 0 saturated carbocycles. The molecule has 26 heavy (non-hydrogen) atoms. The number of carbonyl (C=O) groups is 1. The monoisotopic (exact) mass is 354 g/mol. The van der Waals surface area contributed by atoms with Crippen LogP contribution in [0, 0.1) is 0 Å². The molecule has 10 nitrogen and oxygen atoms in total.